The fraction of sp³-hybridized carbons (Fsp3) is 0.269. The van der Waals surface area contributed by atoms with Crippen LogP contribution >= 0.6 is 0 Å². The topological polar surface area (TPSA) is 85.8 Å². The number of hydrogen-bond acceptors (Lipinski definition) is 5. The van der Waals surface area contributed by atoms with Gasteiger partial charge in [-0.3, -0.25) is 24.7 Å². The number of benzene rings is 2. The Kier molecular flexibility index (Phi) is 6.82. The first-order valence-corrected chi connectivity index (χ1v) is 11.1. The summed E-state index contributed by atoms with van der Waals surface area (Å²) in [6, 6.07) is 18.9. The molecule has 2 heterocycles. The predicted molar refractivity (Wildman–Crippen MR) is 126 cm³/mol. The highest BCUT2D eigenvalue weighted by molar-refractivity contribution is 6.01. The molecule has 2 atom stereocenters. The zero-order valence-corrected chi connectivity index (χ0v) is 18.8. The molecule has 170 valence electrons. The molecule has 4 rings (SSSR count). The Bertz CT molecular complexity index is 1110. The summed E-state index contributed by atoms with van der Waals surface area (Å²) in [6.45, 7) is 6.42. The molecule has 1 aromatic heterocycles. The van der Waals surface area contributed by atoms with Crippen molar-refractivity contribution in [3.63, 3.8) is 0 Å². The van der Waals surface area contributed by atoms with Crippen LogP contribution in [0.5, 0.6) is 0 Å². The van der Waals surface area contributed by atoms with Crippen molar-refractivity contribution in [2.24, 2.45) is 0 Å². The molecule has 33 heavy (non-hydrogen) atoms. The molecule has 1 saturated heterocycles. The molecule has 0 aliphatic carbocycles. The molecule has 3 aromatic rings. The molecule has 2 N–H and O–H groups in total. The Morgan fingerprint density at radius 3 is 2.24 bits per heavy atom. The van der Waals surface area contributed by atoms with Gasteiger partial charge in [0, 0.05) is 55.2 Å². The van der Waals surface area contributed by atoms with Crippen molar-refractivity contribution in [2.75, 3.05) is 13.1 Å². The van der Waals surface area contributed by atoms with Gasteiger partial charge < -0.3 is 4.90 Å². The van der Waals surface area contributed by atoms with Gasteiger partial charge in [-0.25, -0.2) is 5.48 Å². The molecule has 1 aliphatic rings. The van der Waals surface area contributed by atoms with Crippen LogP contribution in [0.1, 0.15) is 40.1 Å². The number of piperazine rings is 1. The molecule has 0 spiro atoms. The third kappa shape index (κ3) is 4.94. The lowest BCUT2D eigenvalue weighted by Crippen LogP contribution is -2.58. The third-order valence-corrected chi connectivity index (χ3v) is 6.10. The maximum absolute atomic E-state index is 13.6. The fourth-order valence-electron chi connectivity index (χ4n) is 4.64. The number of amides is 2. The number of carbonyl (C=O) groups excluding carboxylic acids is 2. The summed E-state index contributed by atoms with van der Waals surface area (Å²) in [5.41, 5.74) is 5.73. The lowest BCUT2D eigenvalue weighted by atomic mass is 9.97. The van der Waals surface area contributed by atoms with E-state index in [1.54, 1.807) is 30.0 Å². The highest BCUT2D eigenvalue weighted by Gasteiger charge is 2.34. The molecule has 2 amide bonds. The predicted octanol–water partition coefficient (Wildman–Crippen LogP) is 3.60. The zero-order chi connectivity index (χ0) is 23.4. The van der Waals surface area contributed by atoms with Crippen LogP contribution in [0.25, 0.3) is 11.1 Å². The summed E-state index contributed by atoms with van der Waals surface area (Å²) in [5, 5.41) is 8.77. The van der Waals surface area contributed by atoms with Crippen LogP contribution in [0.4, 0.5) is 0 Å². The lowest BCUT2D eigenvalue weighted by Gasteiger charge is -2.44. The van der Waals surface area contributed by atoms with E-state index < -0.39 is 5.91 Å². The second kappa shape index (κ2) is 9.94. The highest BCUT2D eigenvalue weighted by atomic mass is 16.5. The van der Waals surface area contributed by atoms with Crippen LogP contribution < -0.4 is 5.48 Å². The second-order valence-corrected chi connectivity index (χ2v) is 8.52. The van der Waals surface area contributed by atoms with Gasteiger partial charge in [-0.1, -0.05) is 30.3 Å². The quantitative estimate of drug-likeness (QED) is 0.464. The zero-order valence-electron chi connectivity index (χ0n) is 18.8. The van der Waals surface area contributed by atoms with Gasteiger partial charge in [-0.05, 0) is 60.9 Å². The first-order chi connectivity index (χ1) is 16.0. The number of hydroxylamine groups is 1. The van der Waals surface area contributed by atoms with E-state index >= 15 is 0 Å². The van der Waals surface area contributed by atoms with Crippen molar-refractivity contribution in [2.45, 2.75) is 32.5 Å². The Hall–Kier alpha value is -3.55. The number of pyridine rings is 1. The highest BCUT2D eigenvalue weighted by Crippen LogP contribution is 2.27. The number of hydrogen-bond donors (Lipinski definition) is 2. The lowest BCUT2D eigenvalue weighted by molar-refractivity contribution is 0.0269. The van der Waals surface area contributed by atoms with E-state index in [9.17, 15) is 9.59 Å². The Morgan fingerprint density at radius 1 is 0.970 bits per heavy atom. The van der Waals surface area contributed by atoms with Gasteiger partial charge in [-0.15, -0.1) is 0 Å². The standard InChI is InChI=1S/C26H28N4O3/c1-18-15-29(17-20-7-9-22(10-8-20)25(31)28-33)16-19(2)30(18)26(32)24-6-4-3-5-23(24)21-11-13-27-14-12-21/h3-14,18-19,33H,15-17H2,1-2H3,(H,28,31). The number of nitrogens with one attached hydrogen (secondary N) is 1. The van der Waals surface area contributed by atoms with Crippen molar-refractivity contribution in [1.29, 1.82) is 0 Å². The van der Waals surface area contributed by atoms with Crippen molar-refractivity contribution in [3.8, 4) is 11.1 Å². The summed E-state index contributed by atoms with van der Waals surface area (Å²) in [6.07, 6.45) is 3.48. The number of rotatable bonds is 5. The minimum atomic E-state index is -0.525. The SMILES string of the molecule is CC1CN(Cc2ccc(C(=O)NO)cc2)CC(C)N1C(=O)c1ccccc1-c1ccncc1. The average Bonchev–Trinajstić information content (AvgIpc) is 2.84. The fourth-order valence-corrected chi connectivity index (χ4v) is 4.64. The minimum absolute atomic E-state index is 0.0430. The Morgan fingerprint density at radius 2 is 1.61 bits per heavy atom. The van der Waals surface area contributed by atoms with Crippen LogP contribution in [-0.4, -0.2) is 57.0 Å². The molecule has 1 aliphatic heterocycles. The van der Waals surface area contributed by atoms with E-state index in [0.29, 0.717) is 11.1 Å². The molecule has 7 nitrogen and oxygen atoms in total. The average molecular weight is 445 g/mol. The van der Waals surface area contributed by atoms with Crippen molar-refractivity contribution >= 4 is 11.8 Å². The third-order valence-electron chi connectivity index (χ3n) is 6.10. The van der Waals surface area contributed by atoms with Crippen molar-refractivity contribution in [3.05, 3.63) is 89.7 Å². The Labute approximate surface area is 193 Å². The molecule has 1 fully saturated rings. The maximum Gasteiger partial charge on any atom is 0.274 e. The summed E-state index contributed by atoms with van der Waals surface area (Å²) >= 11 is 0. The first-order valence-electron chi connectivity index (χ1n) is 11.1. The van der Waals surface area contributed by atoms with E-state index in [0.717, 1.165) is 36.3 Å². The smallest absolute Gasteiger partial charge is 0.274 e. The molecular weight excluding hydrogens is 416 g/mol. The summed E-state index contributed by atoms with van der Waals surface area (Å²) in [7, 11) is 0. The van der Waals surface area contributed by atoms with Gasteiger partial charge in [-0.2, -0.15) is 0 Å². The number of nitrogens with zero attached hydrogens (tertiary/aromatic N) is 3. The first kappa shape index (κ1) is 22.6. The number of carbonyl (C=O) groups is 2. The summed E-state index contributed by atoms with van der Waals surface area (Å²) in [5.74, 6) is -0.482. The maximum atomic E-state index is 13.6. The summed E-state index contributed by atoms with van der Waals surface area (Å²) in [4.78, 5) is 33.6. The van der Waals surface area contributed by atoms with Crippen molar-refractivity contribution < 1.29 is 14.8 Å². The van der Waals surface area contributed by atoms with Gasteiger partial charge in [0.25, 0.3) is 11.8 Å². The summed E-state index contributed by atoms with van der Waals surface area (Å²) < 4.78 is 0. The van der Waals surface area contributed by atoms with E-state index in [1.807, 2.05) is 53.4 Å². The van der Waals surface area contributed by atoms with E-state index in [2.05, 4.69) is 23.7 Å². The van der Waals surface area contributed by atoms with Crippen LogP contribution in [-0.2, 0) is 6.54 Å². The molecular formula is C26H28N4O3. The van der Waals surface area contributed by atoms with Crippen LogP contribution in [0, 0.1) is 0 Å². The van der Waals surface area contributed by atoms with Gasteiger partial charge in [0.15, 0.2) is 0 Å². The van der Waals surface area contributed by atoms with Crippen LogP contribution in [0.15, 0.2) is 73.1 Å². The van der Waals surface area contributed by atoms with E-state index in [1.165, 1.54) is 0 Å². The van der Waals surface area contributed by atoms with Crippen LogP contribution in [0.3, 0.4) is 0 Å². The number of aromatic nitrogens is 1. The molecule has 0 bridgehead atoms. The van der Waals surface area contributed by atoms with Crippen molar-refractivity contribution in [1.82, 2.24) is 20.3 Å². The second-order valence-electron chi connectivity index (χ2n) is 8.52. The molecule has 2 unspecified atom stereocenters. The Balaban J connectivity index is 1.48. The van der Waals surface area contributed by atoms with E-state index in [4.69, 9.17) is 5.21 Å². The largest absolute Gasteiger partial charge is 0.331 e. The minimum Gasteiger partial charge on any atom is -0.331 e. The normalized spacial score (nSPS) is 18.7. The monoisotopic (exact) mass is 444 g/mol. The van der Waals surface area contributed by atoms with Gasteiger partial charge in [0.05, 0.1) is 0 Å². The molecule has 0 radical (unpaired) electrons. The van der Waals surface area contributed by atoms with Crippen LogP contribution in [0.2, 0.25) is 0 Å². The molecule has 2 aromatic carbocycles. The van der Waals surface area contributed by atoms with Gasteiger partial charge in [0.1, 0.15) is 0 Å². The molecule has 0 saturated carbocycles. The molecule has 7 heteroatoms. The van der Waals surface area contributed by atoms with Gasteiger partial charge >= 0.3 is 0 Å². The van der Waals surface area contributed by atoms with Gasteiger partial charge in [0.2, 0.25) is 0 Å². The van der Waals surface area contributed by atoms with E-state index in [-0.39, 0.29) is 18.0 Å².